The SMILES string of the molecule is Cn1c(NCCOc2ccc(OC(F)(F)F)cc2)nc2ccc(N)cc21. The summed E-state index contributed by atoms with van der Waals surface area (Å²) >= 11 is 0. The fourth-order valence-electron chi connectivity index (χ4n) is 2.43. The van der Waals surface area contributed by atoms with E-state index in [2.05, 4.69) is 15.0 Å². The summed E-state index contributed by atoms with van der Waals surface area (Å²) < 4.78 is 47.5. The number of nitrogen functional groups attached to an aromatic ring is 1. The lowest BCUT2D eigenvalue weighted by molar-refractivity contribution is -0.274. The maximum absolute atomic E-state index is 12.1. The predicted octanol–water partition coefficient (Wildman–Crippen LogP) is 3.55. The van der Waals surface area contributed by atoms with Crippen LogP contribution in [0.5, 0.6) is 11.5 Å². The molecule has 0 aliphatic carbocycles. The van der Waals surface area contributed by atoms with E-state index in [-0.39, 0.29) is 5.75 Å². The van der Waals surface area contributed by atoms with Gasteiger partial charge in [0, 0.05) is 12.7 Å². The zero-order chi connectivity index (χ0) is 18.7. The number of fused-ring (bicyclic) bond motifs is 1. The van der Waals surface area contributed by atoms with Crippen LogP contribution >= 0.6 is 0 Å². The van der Waals surface area contributed by atoms with E-state index in [1.807, 2.05) is 23.7 Å². The first kappa shape index (κ1) is 17.7. The van der Waals surface area contributed by atoms with E-state index in [1.165, 1.54) is 24.3 Å². The normalized spacial score (nSPS) is 11.5. The van der Waals surface area contributed by atoms with Gasteiger partial charge in [-0.25, -0.2) is 4.98 Å². The molecule has 0 saturated carbocycles. The van der Waals surface area contributed by atoms with Crippen molar-refractivity contribution in [3.8, 4) is 11.5 Å². The van der Waals surface area contributed by atoms with Crippen LogP contribution < -0.4 is 20.5 Å². The van der Waals surface area contributed by atoms with E-state index in [4.69, 9.17) is 10.5 Å². The number of alkyl halides is 3. The van der Waals surface area contributed by atoms with Crippen LogP contribution in [-0.4, -0.2) is 29.1 Å². The second-order valence-electron chi connectivity index (χ2n) is 5.54. The van der Waals surface area contributed by atoms with Crippen molar-refractivity contribution in [2.24, 2.45) is 7.05 Å². The Morgan fingerprint density at radius 2 is 1.81 bits per heavy atom. The number of aromatic nitrogens is 2. The molecule has 2 aromatic carbocycles. The minimum Gasteiger partial charge on any atom is -0.492 e. The first-order valence-electron chi connectivity index (χ1n) is 7.76. The number of aryl methyl sites for hydroxylation is 1. The number of hydrogen-bond donors (Lipinski definition) is 2. The highest BCUT2D eigenvalue weighted by molar-refractivity contribution is 5.81. The zero-order valence-corrected chi connectivity index (χ0v) is 13.9. The van der Waals surface area contributed by atoms with Gasteiger partial charge >= 0.3 is 6.36 Å². The lowest BCUT2D eigenvalue weighted by atomic mass is 10.3. The average molecular weight is 366 g/mol. The second-order valence-corrected chi connectivity index (χ2v) is 5.54. The molecular formula is C17H17F3N4O2. The maximum Gasteiger partial charge on any atom is 0.573 e. The monoisotopic (exact) mass is 366 g/mol. The molecule has 0 unspecified atom stereocenters. The summed E-state index contributed by atoms with van der Waals surface area (Å²) in [7, 11) is 1.87. The fourth-order valence-corrected chi connectivity index (χ4v) is 2.43. The Balaban J connectivity index is 1.52. The van der Waals surface area contributed by atoms with Crippen LogP contribution in [0.2, 0.25) is 0 Å². The zero-order valence-electron chi connectivity index (χ0n) is 13.9. The molecule has 0 radical (unpaired) electrons. The fraction of sp³-hybridized carbons (Fsp3) is 0.235. The van der Waals surface area contributed by atoms with Crippen LogP contribution in [0.4, 0.5) is 24.8 Å². The summed E-state index contributed by atoms with van der Waals surface area (Å²) in [4.78, 5) is 4.46. The molecule has 0 aliphatic heterocycles. The van der Waals surface area contributed by atoms with Gasteiger partial charge in [-0.2, -0.15) is 0 Å². The van der Waals surface area contributed by atoms with Gasteiger partial charge in [0.15, 0.2) is 0 Å². The van der Waals surface area contributed by atoms with E-state index in [9.17, 15) is 13.2 Å². The number of anilines is 2. The van der Waals surface area contributed by atoms with Crippen molar-refractivity contribution in [3.05, 3.63) is 42.5 Å². The second kappa shape index (κ2) is 7.03. The van der Waals surface area contributed by atoms with Crippen LogP contribution in [0.25, 0.3) is 11.0 Å². The van der Waals surface area contributed by atoms with Crippen molar-refractivity contribution < 1.29 is 22.6 Å². The molecule has 0 spiro atoms. The minimum absolute atomic E-state index is 0.290. The molecule has 0 atom stereocenters. The van der Waals surface area contributed by atoms with E-state index in [0.29, 0.717) is 30.5 Å². The largest absolute Gasteiger partial charge is 0.573 e. The smallest absolute Gasteiger partial charge is 0.492 e. The Morgan fingerprint density at radius 3 is 2.50 bits per heavy atom. The topological polar surface area (TPSA) is 74.3 Å². The van der Waals surface area contributed by atoms with Gasteiger partial charge in [-0.3, -0.25) is 0 Å². The Hall–Kier alpha value is -3.10. The number of nitrogens with one attached hydrogen (secondary N) is 1. The number of benzene rings is 2. The van der Waals surface area contributed by atoms with Crippen molar-refractivity contribution in [3.63, 3.8) is 0 Å². The molecule has 3 N–H and O–H groups in total. The molecule has 0 bridgehead atoms. The molecule has 6 nitrogen and oxygen atoms in total. The Labute approximate surface area is 147 Å². The highest BCUT2D eigenvalue weighted by Crippen LogP contribution is 2.25. The number of halogens is 3. The Bertz CT molecular complexity index is 891. The van der Waals surface area contributed by atoms with Crippen LogP contribution in [0.15, 0.2) is 42.5 Å². The van der Waals surface area contributed by atoms with E-state index in [0.717, 1.165) is 11.0 Å². The third-order valence-corrected chi connectivity index (χ3v) is 3.62. The maximum atomic E-state index is 12.1. The molecule has 0 saturated heterocycles. The van der Waals surface area contributed by atoms with Crippen molar-refractivity contribution in [1.82, 2.24) is 9.55 Å². The number of hydrogen-bond acceptors (Lipinski definition) is 5. The summed E-state index contributed by atoms with van der Waals surface area (Å²) in [6, 6.07) is 10.7. The summed E-state index contributed by atoms with van der Waals surface area (Å²) in [5.74, 6) is 0.823. The first-order valence-corrected chi connectivity index (χ1v) is 7.76. The number of imidazole rings is 1. The number of nitrogens with two attached hydrogens (primary N) is 1. The highest BCUT2D eigenvalue weighted by Gasteiger charge is 2.30. The molecule has 138 valence electrons. The third-order valence-electron chi connectivity index (χ3n) is 3.62. The van der Waals surface area contributed by atoms with Crippen molar-refractivity contribution in [2.45, 2.75) is 6.36 Å². The minimum atomic E-state index is -4.71. The lowest BCUT2D eigenvalue weighted by Gasteiger charge is -2.11. The van der Waals surface area contributed by atoms with Crippen LogP contribution in [0.3, 0.4) is 0 Å². The molecule has 9 heteroatoms. The Kier molecular flexibility index (Phi) is 4.79. The van der Waals surface area contributed by atoms with Crippen LogP contribution in [-0.2, 0) is 7.05 Å². The number of ether oxygens (including phenoxy) is 2. The molecule has 1 aromatic heterocycles. The Morgan fingerprint density at radius 1 is 1.12 bits per heavy atom. The van der Waals surface area contributed by atoms with Gasteiger partial charge < -0.3 is 25.1 Å². The predicted molar refractivity (Wildman–Crippen MR) is 92.2 cm³/mol. The van der Waals surface area contributed by atoms with Gasteiger partial charge in [0.1, 0.15) is 18.1 Å². The third kappa shape index (κ3) is 4.29. The molecule has 1 heterocycles. The first-order chi connectivity index (χ1) is 12.3. The van der Waals surface area contributed by atoms with Crippen molar-refractivity contribution >= 4 is 22.7 Å². The van der Waals surface area contributed by atoms with Gasteiger partial charge in [-0.05, 0) is 42.5 Å². The van der Waals surface area contributed by atoms with Gasteiger partial charge in [-0.15, -0.1) is 13.2 Å². The summed E-state index contributed by atoms with van der Waals surface area (Å²) in [6.07, 6.45) is -4.71. The summed E-state index contributed by atoms with van der Waals surface area (Å²) in [6.45, 7) is 0.776. The molecule has 0 aliphatic rings. The summed E-state index contributed by atoms with van der Waals surface area (Å²) in [5.41, 5.74) is 8.18. The number of rotatable bonds is 6. The highest BCUT2D eigenvalue weighted by atomic mass is 19.4. The van der Waals surface area contributed by atoms with Gasteiger partial charge in [0.05, 0.1) is 17.6 Å². The molecular weight excluding hydrogens is 349 g/mol. The van der Waals surface area contributed by atoms with Gasteiger partial charge in [0.2, 0.25) is 5.95 Å². The van der Waals surface area contributed by atoms with Crippen LogP contribution in [0, 0.1) is 0 Å². The molecule has 3 rings (SSSR count). The lowest BCUT2D eigenvalue weighted by Crippen LogP contribution is -2.17. The quantitative estimate of drug-likeness (QED) is 0.516. The average Bonchev–Trinajstić information content (AvgIpc) is 2.88. The van der Waals surface area contributed by atoms with Gasteiger partial charge in [0.25, 0.3) is 0 Å². The number of nitrogens with zero attached hydrogens (tertiary/aromatic N) is 2. The molecule has 26 heavy (non-hydrogen) atoms. The van der Waals surface area contributed by atoms with E-state index < -0.39 is 6.36 Å². The molecule has 0 fully saturated rings. The molecule has 0 amide bonds. The van der Waals surface area contributed by atoms with Crippen LogP contribution in [0.1, 0.15) is 0 Å². The van der Waals surface area contributed by atoms with E-state index >= 15 is 0 Å². The van der Waals surface area contributed by atoms with Gasteiger partial charge in [-0.1, -0.05) is 0 Å². The molecule has 3 aromatic rings. The van der Waals surface area contributed by atoms with Crippen molar-refractivity contribution in [1.29, 1.82) is 0 Å². The standard InChI is InChI=1S/C17H17F3N4O2/c1-24-15-10-11(21)2-7-14(15)23-16(24)22-8-9-25-12-3-5-13(6-4-12)26-17(18,19)20/h2-7,10H,8-9,21H2,1H3,(H,22,23). The summed E-state index contributed by atoms with van der Waals surface area (Å²) in [5, 5.41) is 3.15. The van der Waals surface area contributed by atoms with Crippen molar-refractivity contribution in [2.75, 3.05) is 24.2 Å². The van der Waals surface area contributed by atoms with E-state index in [1.54, 1.807) is 6.07 Å².